The van der Waals surface area contributed by atoms with Crippen LogP contribution in [0.2, 0.25) is 0 Å². The molecule has 0 aliphatic carbocycles. The molecule has 6 heteroatoms. The molecule has 33 heavy (non-hydrogen) atoms. The number of nitriles is 1. The summed E-state index contributed by atoms with van der Waals surface area (Å²) < 4.78 is 0. The Morgan fingerprint density at radius 1 is 1.00 bits per heavy atom. The van der Waals surface area contributed by atoms with Crippen LogP contribution >= 0.6 is 0 Å². The second-order valence-corrected chi connectivity index (χ2v) is 9.76. The fourth-order valence-corrected chi connectivity index (χ4v) is 5.89. The Kier molecular flexibility index (Phi) is 4.97. The van der Waals surface area contributed by atoms with Crippen LogP contribution in [0.3, 0.4) is 0 Å². The topological polar surface area (TPSA) is 49.6 Å². The van der Waals surface area contributed by atoms with Gasteiger partial charge in [-0.15, -0.1) is 0 Å². The quantitative estimate of drug-likeness (QED) is 0.609. The van der Waals surface area contributed by atoms with Gasteiger partial charge in [0.05, 0.1) is 17.1 Å². The minimum absolute atomic E-state index is 0.396. The molecule has 0 N–H and O–H groups in total. The number of pyridine rings is 1. The average molecular weight is 439 g/mol. The van der Waals surface area contributed by atoms with E-state index in [2.05, 4.69) is 75.0 Å². The molecule has 0 radical (unpaired) electrons. The molecule has 3 aliphatic heterocycles. The molecule has 3 aliphatic rings. The molecular weight excluding hydrogens is 408 g/mol. The predicted molar refractivity (Wildman–Crippen MR) is 133 cm³/mol. The van der Waals surface area contributed by atoms with Gasteiger partial charge in [0.25, 0.3) is 0 Å². The lowest BCUT2D eigenvalue weighted by molar-refractivity contribution is 0.134. The number of piperazine rings is 2. The number of aromatic nitrogens is 1. The van der Waals surface area contributed by atoms with Crippen molar-refractivity contribution in [1.29, 1.82) is 5.26 Å². The molecule has 0 amide bonds. The summed E-state index contributed by atoms with van der Waals surface area (Å²) in [7, 11) is 2.21. The van der Waals surface area contributed by atoms with Crippen LogP contribution in [0, 0.1) is 11.3 Å². The molecule has 2 atom stereocenters. The molecule has 6 rings (SSSR count). The summed E-state index contributed by atoms with van der Waals surface area (Å²) in [6.07, 6.45) is 1.78. The Morgan fingerprint density at radius 3 is 2.67 bits per heavy atom. The highest BCUT2D eigenvalue weighted by atomic mass is 15.3. The van der Waals surface area contributed by atoms with Gasteiger partial charge in [-0.05, 0) is 61.5 Å². The standard InChI is InChI=1S/C27H30N6/c1-19-16-32(25-8-5-20(15-28)27-24(25)4-3-9-29-27)18-26-23-7-6-22(14-21(23)17-33(19)26)31-12-10-30(2)11-13-31/h3-9,14,19,26H,10-13,16-18H2,1-2H3/t19-,26-/m1/s1. The number of hydrogen-bond donors (Lipinski definition) is 0. The van der Waals surface area contributed by atoms with Gasteiger partial charge < -0.3 is 14.7 Å². The number of nitrogens with zero attached hydrogens (tertiary/aromatic N) is 6. The third-order valence-electron chi connectivity index (χ3n) is 7.76. The summed E-state index contributed by atoms with van der Waals surface area (Å²) in [5.41, 5.74) is 6.96. The normalized spacial score (nSPS) is 23.4. The van der Waals surface area contributed by atoms with Gasteiger partial charge in [0, 0.05) is 74.8 Å². The molecule has 0 bridgehead atoms. The van der Waals surface area contributed by atoms with Gasteiger partial charge in [-0.1, -0.05) is 6.07 Å². The molecule has 2 aromatic carbocycles. The number of likely N-dealkylation sites (N-methyl/N-ethyl adjacent to an activating group) is 1. The van der Waals surface area contributed by atoms with Gasteiger partial charge in [-0.25, -0.2) is 0 Å². The van der Waals surface area contributed by atoms with Crippen LogP contribution in [0.1, 0.15) is 29.7 Å². The summed E-state index contributed by atoms with van der Waals surface area (Å²) in [5.74, 6) is 0. The van der Waals surface area contributed by atoms with E-state index < -0.39 is 0 Å². The van der Waals surface area contributed by atoms with Crippen molar-refractivity contribution in [1.82, 2.24) is 14.8 Å². The Labute approximate surface area is 195 Å². The lowest BCUT2D eigenvalue weighted by Crippen LogP contribution is -2.51. The molecule has 0 spiro atoms. The van der Waals surface area contributed by atoms with Gasteiger partial charge in [0.15, 0.2) is 0 Å². The maximum Gasteiger partial charge on any atom is 0.101 e. The van der Waals surface area contributed by atoms with Crippen LogP contribution < -0.4 is 9.80 Å². The van der Waals surface area contributed by atoms with E-state index in [0.29, 0.717) is 17.6 Å². The molecule has 0 saturated carbocycles. The van der Waals surface area contributed by atoms with E-state index in [9.17, 15) is 5.26 Å². The highest BCUT2D eigenvalue weighted by Gasteiger charge is 2.39. The molecule has 2 fully saturated rings. The van der Waals surface area contributed by atoms with Crippen LogP contribution in [0.15, 0.2) is 48.7 Å². The van der Waals surface area contributed by atoms with Crippen molar-refractivity contribution in [3.05, 3.63) is 65.4 Å². The Balaban J connectivity index is 1.31. The van der Waals surface area contributed by atoms with E-state index in [-0.39, 0.29) is 0 Å². The molecule has 6 nitrogen and oxygen atoms in total. The van der Waals surface area contributed by atoms with Gasteiger partial charge in [-0.2, -0.15) is 5.26 Å². The first kappa shape index (κ1) is 20.5. The van der Waals surface area contributed by atoms with Gasteiger partial charge in [-0.3, -0.25) is 9.88 Å². The second kappa shape index (κ2) is 8.02. The lowest BCUT2D eigenvalue weighted by Gasteiger charge is -2.44. The van der Waals surface area contributed by atoms with Crippen molar-refractivity contribution < 1.29 is 0 Å². The van der Waals surface area contributed by atoms with E-state index in [4.69, 9.17) is 0 Å². The van der Waals surface area contributed by atoms with Crippen molar-refractivity contribution >= 4 is 22.3 Å². The zero-order chi connectivity index (χ0) is 22.5. The third kappa shape index (κ3) is 3.43. The van der Waals surface area contributed by atoms with E-state index >= 15 is 0 Å². The number of hydrogen-bond acceptors (Lipinski definition) is 6. The van der Waals surface area contributed by atoms with Gasteiger partial charge in [0.2, 0.25) is 0 Å². The van der Waals surface area contributed by atoms with Crippen molar-refractivity contribution in [3.8, 4) is 6.07 Å². The maximum absolute atomic E-state index is 9.52. The second-order valence-electron chi connectivity index (χ2n) is 9.76. The van der Waals surface area contributed by atoms with E-state index in [1.165, 1.54) is 22.5 Å². The largest absolute Gasteiger partial charge is 0.369 e. The Morgan fingerprint density at radius 2 is 1.85 bits per heavy atom. The van der Waals surface area contributed by atoms with Gasteiger partial charge >= 0.3 is 0 Å². The predicted octanol–water partition coefficient (Wildman–Crippen LogP) is 3.62. The minimum Gasteiger partial charge on any atom is -0.369 e. The van der Waals surface area contributed by atoms with Crippen molar-refractivity contribution in [2.75, 3.05) is 56.1 Å². The highest BCUT2D eigenvalue weighted by molar-refractivity contribution is 5.95. The number of benzene rings is 2. The summed E-state index contributed by atoms with van der Waals surface area (Å²) in [6.45, 7) is 9.78. The molecular formula is C27H30N6. The zero-order valence-corrected chi connectivity index (χ0v) is 19.4. The SMILES string of the molecule is C[C@@H]1CN(c2ccc(C#N)c3ncccc23)C[C@@H]2c3ccc(N4CCN(C)CC4)cc3CN12. The molecule has 0 unspecified atom stereocenters. The fourth-order valence-electron chi connectivity index (χ4n) is 5.89. The van der Waals surface area contributed by atoms with Crippen molar-refractivity contribution in [2.24, 2.45) is 0 Å². The number of anilines is 2. The van der Waals surface area contributed by atoms with E-state index in [1.54, 1.807) is 6.20 Å². The fraction of sp³-hybridized carbons (Fsp3) is 0.407. The first-order valence-electron chi connectivity index (χ1n) is 12.0. The molecule has 4 heterocycles. The average Bonchev–Trinajstić information content (AvgIpc) is 3.22. The number of fused-ring (bicyclic) bond motifs is 4. The van der Waals surface area contributed by atoms with Crippen LogP contribution in [-0.2, 0) is 6.54 Å². The Bertz CT molecular complexity index is 1240. The van der Waals surface area contributed by atoms with Crippen LogP contribution in [0.4, 0.5) is 11.4 Å². The van der Waals surface area contributed by atoms with Crippen LogP contribution in [0.25, 0.3) is 10.9 Å². The van der Waals surface area contributed by atoms with Crippen molar-refractivity contribution in [2.45, 2.75) is 25.6 Å². The van der Waals surface area contributed by atoms with Crippen molar-refractivity contribution in [3.63, 3.8) is 0 Å². The lowest BCUT2D eigenvalue weighted by atomic mass is 9.99. The molecule has 1 aromatic heterocycles. The molecule has 3 aromatic rings. The van der Waals surface area contributed by atoms with Crippen LogP contribution in [-0.4, -0.2) is 67.1 Å². The first-order valence-corrected chi connectivity index (χ1v) is 12.0. The third-order valence-corrected chi connectivity index (χ3v) is 7.76. The highest BCUT2D eigenvalue weighted by Crippen LogP contribution is 2.42. The monoisotopic (exact) mass is 438 g/mol. The van der Waals surface area contributed by atoms with Gasteiger partial charge in [0.1, 0.15) is 6.07 Å². The Hall–Kier alpha value is -3.14. The molecule has 2 saturated heterocycles. The van der Waals surface area contributed by atoms with E-state index in [1.807, 2.05) is 12.1 Å². The maximum atomic E-state index is 9.52. The minimum atomic E-state index is 0.396. The smallest absolute Gasteiger partial charge is 0.101 e. The number of rotatable bonds is 2. The zero-order valence-electron chi connectivity index (χ0n) is 19.4. The molecule has 168 valence electrons. The first-order chi connectivity index (χ1) is 16.1. The summed E-state index contributed by atoms with van der Waals surface area (Å²) >= 11 is 0. The van der Waals surface area contributed by atoms with E-state index in [0.717, 1.165) is 56.7 Å². The summed E-state index contributed by atoms with van der Waals surface area (Å²) in [6, 6.07) is 18.4. The van der Waals surface area contributed by atoms with Crippen LogP contribution in [0.5, 0.6) is 0 Å². The summed E-state index contributed by atoms with van der Waals surface area (Å²) in [4.78, 5) is 14.6. The summed E-state index contributed by atoms with van der Waals surface area (Å²) in [5, 5.41) is 10.6.